The fourth-order valence-corrected chi connectivity index (χ4v) is 0.975. The van der Waals surface area contributed by atoms with Crippen molar-refractivity contribution in [3.05, 3.63) is 30.0 Å². The molecule has 0 aliphatic carbocycles. The second kappa shape index (κ2) is 4.38. The summed E-state index contributed by atoms with van der Waals surface area (Å²) in [5, 5.41) is 19.4. The van der Waals surface area contributed by atoms with Gasteiger partial charge in [-0.05, 0) is 11.6 Å². The van der Waals surface area contributed by atoms with Gasteiger partial charge in [-0.3, -0.25) is 5.32 Å². The van der Waals surface area contributed by atoms with Crippen molar-refractivity contribution in [1.82, 2.24) is 4.98 Å². The maximum absolute atomic E-state index is 10.4. The average molecular weight is 194 g/mol. The van der Waals surface area contributed by atoms with Crippen LogP contribution in [0.5, 0.6) is 0 Å². The van der Waals surface area contributed by atoms with Crippen molar-refractivity contribution in [3.63, 3.8) is 0 Å². The second-order valence-electron chi connectivity index (χ2n) is 2.57. The van der Waals surface area contributed by atoms with Crippen molar-refractivity contribution in [2.45, 2.75) is 6.61 Å². The maximum Gasteiger partial charge on any atom is 0.410 e. The smallest absolute Gasteiger partial charge is 0.410 e. The first kappa shape index (κ1) is 10.2. The number of nitrogens with zero attached hydrogens (tertiary/aromatic N) is 1. The van der Waals surface area contributed by atoms with Crippen LogP contribution in [-0.2, 0) is 6.61 Å². The van der Waals surface area contributed by atoms with Crippen LogP contribution in [0.15, 0.2) is 18.8 Å². The molecule has 0 bridgehead atoms. The van der Waals surface area contributed by atoms with E-state index >= 15 is 0 Å². The Morgan fingerprint density at radius 3 is 2.93 bits per heavy atom. The molecule has 0 saturated carbocycles. The molecule has 3 N–H and O–H groups in total. The molecule has 0 atom stereocenters. The molecular formula is C9H10N2O3. The van der Waals surface area contributed by atoms with Crippen LogP contribution >= 0.6 is 0 Å². The third-order valence-corrected chi connectivity index (χ3v) is 1.60. The van der Waals surface area contributed by atoms with Crippen LogP contribution in [-0.4, -0.2) is 21.3 Å². The van der Waals surface area contributed by atoms with Crippen LogP contribution < -0.4 is 5.32 Å². The molecule has 1 amide bonds. The molecule has 14 heavy (non-hydrogen) atoms. The van der Waals surface area contributed by atoms with E-state index in [1.54, 1.807) is 6.07 Å². The Morgan fingerprint density at radius 1 is 1.71 bits per heavy atom. The van der Waals surface area contributed by atoms with Crippen LogP contribution in [0.1, 0.15) is 11.1 Å². The fraction of sp³-hybridized carbons (Fsp3) is 0.111. The van der Waals surface area contributed by atoms with E-state index < -0.39 is 6.09 Å². The number of pyridine rings is 1. The van der Waals surface area contributed by atoms with Crippen molar-refractivity contribution in [3.8, 4) is 0 Å². The molecule has 74 valence electrons. The van der Waals surface area contributed by atoms with Crippen molar-refractivity contribution in [2.75, 3.05) is 5.32 Å². The van der Waals surface area contributed by atoms with Crippen LogP contribution in [0.25, 0.3) is 6.08 Å². The molecule has 0 aliphatic rings. The van der Waals surface area contributed by atoms with Gasteiger partial charge < -0.3 is 10.2 Å². The van der Waals surface area contributed by atoms with Gasteiger partial charge in [0.25, 0.3) is 0 Å². The first-order valence-electron chi connectivity index (χ1n) is 3.89. The zero-order valence-corrected chi connectivity index (χ0v) is 7.40. The Morgan fingerprint density at radius 2 is 2.43 bits per heavy atom. The minimum atomic E-state index is -1.18. The molecule has 0 fully saturated rings. The van der Waals surface area contributed by atoms with E-state index in [2.05, 4.69) is 16.9 Å². The van der Waals surface area contributed by atoms with Crippen molar-refractivity contribution < 1.29 is 15.0 Å². The lowest BCUT2D eigenvalue weighted by molar-refractivity contribution is 0.209. The SMILES string of the molecule is C=Cc1cc(CO)cnc1NC(=O)O. The Labute approximate surface area is 80.7 Å². The Balaban J connectivity index is 3.04. The summed E-state index contributed by atoms with van der Waals surface area (Å²) < 4.78 is 0. The van der Waals surface area contributed by atoms with Gasteiger partial charge in [-0.1, -0.05) is 12.7 Å². The topological polar surface area (TPSA) is 82.5 Å². The zero-order chi connectivity index (χ0) is 10.6. The van der Waals surface area contributed by atoms with Crippen LogP contribution in [0.3, 0.4) is 0 Å². The number of anilines is 1. The van der Waals surface area contributed by atoms with Gasteiger partial charge in [0.2, 0.25) is 0 Å². The number of nitrogens with one attached hydrogen (secondary N) is 1. The monoisotopic (exact) mass is 194 g/mol. The largest absolute Gasteiger partial charge is 0.465 e. The van der Waals surface area contributed by atoms with Gasteiger partial charge in [-0.25, -0.2) is 9.78 Å². The number of aliphatic hydroxyl groups is 1. The highest BCUT2D eigenvalue weighted by atomic mass is 16.4. The molecule has 0 saturated heterocycles. The summed E-state index contributed by atoms with van der Waals surface area (Å²) in [7, 11) is 0. The summed E-state index contributed by atoms with van der Waals surface area (Å²) in [6.45, 7) is 3.38. The quantitative estimate of drug-likeness (QED) is 0.677. The third kappa shape index (κ3) is 2.30. The third-order valence-electron chi connectivity index (χ3n) is 1.60. The molecule has 5 heteroatoms. The summed E-state index contributed by atoms with van der Waals surface area (Å²) in [5.74, 6) is 0.213. The van der Waals surface area contributed by atoms with E-state index in [1.807, 2.05) is 0 Å². The maximum atomic E-state index is 10.4. The summed E-state index contributed by atoms with van der Waals surface area (Å²) in [6.07, 6.45) is 1.69. The molecule has 5 nitrogen and oxygen atoms in total. The van der Waals surface area contributed by atoms with Crippen molar-refractivity contribution in [1.29, 1.82) is 0 Å². The predicted molar refractivity (Wildman–Crippen MR) is 51.9 cm³/mol. The molecule has 1 aromatic rings. The molecule has 0 radical (unpaired) electrons. The zero-order valence-electron chi connectivity index (χ0n) is 7.40. The van der Waals surface area contributed by atoms with Gasteiger partial charge in [0.15, 0.2) is 0 Å². The van der Waals surface area contributed by atoms with Gasteiger partial charge in [0.1, 0.15) is 5.82 Å². The first-order valence-corrected chi connectivity index (χ1v) is 3.89. The Kier molecular flexibility index (Phi) is 3.19. The van der Waals surface area contributed by atoms with E-state index in [0.717, 1.165) is 0 Å². The highest BCUT2D eigenvalue weighted by Gasteiger charge is 2.05. The average Bonchev–Trinajstić information content (AvgIpc) is 2.17. The van der Waals surface area contributed by atoms with E-state index in [-0.39, 0.29) is 12.4 Å². The Bertz CT molecular complexity index is 363. The van der Waals surface area contributed by atoms with Crippen LogP contribution in [0, 0.1) is 0 Å². The highest BCUT2D eigenvalue weighted by Crippen LogP contribution is 2.15. The molecular weight excluding hydrogens is 184 g/mol. The lowest BCUT2D eigenvalue weighted by atomic mass is 10.2. The number of aromatic nitrogens is 1. The minimum Gasteiger partial charge on any atom is -0.465 e. The molecule has 0 aliphatic heterocycles. The Hall–Kier alpha value is -1.88. The van der Waals surface area contributed by atoms with Gasteiger partial charge in [0, 0.05) is 11.8 Å². The van der Waals surface area contributed by atoms with Gasteiger partial charge >= 0.3 is 6.09 Å². The van der Waals surface area contributed by atoms with Crippen molar-refractivity contribution >= 4 is 18.0 Å². The normalized spacial score (nSPS) is 9.50. The number of hydrogen-bond donors (Lipinski definition) is 3. The van der Waals surface area contributed by atoms with Crippen LogP contribution in [0.4, 0.5) is 10.6 Å². The van der Waals surface area contributed by atoms with Crippen molar-refractivity contribution in [2.24, 2.45) is 0 Å². The highest BCUT2D eigenvalue weighted by molar-refractivity contribution is 5.84. The second-order valence-corrected chi connectivity index (χ2v) is 2.57. The first-order chi connectivity index (χ1) is 6.67. The number of carbonyl (C=O) groups is 1. The number of amides is 1. The van der Waals surface area contributed by atoms with Gasteiger partial charge in [-0.2, -0.15) is 0 Å². The lowest BCUT2D eigenvalue weighted by Crippen LogP contribution is -2.10. The summed E-state index contributed by atoms with van der Waals surface area (Å²) in [4.78, 5) is 14.2. The molecule has 0 unspecified atom stereocenters. The molecule has 0 aromatic carbocycles. The number of carboxylic acid groups (broad SMARTS) is 1. The fourth-order valence-electron chi connectivity index (χ4n) is 0.975. The number of hydrogen-bond acceptors (Lipinski definition) is 3. The molecule has 1 rings (SSSR count). The van der Waals surface area contributed by atoms with Crippen LogP contribution in [0.2, 0.25) is 0 Å². The number of aliphatic hydroxyl groups excluding tert-OH is 1. The molecule has 0 spiro atoms. The molecule has 1 heterocycles. The standard InChI is InChI=1S/C9H10N2O3/c1-2-7-3-6(5-12)4-10-8(7)11-9(13)14/h2-4,12H,1,5H2,(H,10,11)(H,13,14). The molecule has 1 aromatic heterocycles. The predicted octanol–water partition coefficient (Wildman–Crippen LogP) is 1.31. The van der Waals surface area contributed by atoms with E-state index in [9.17, 15) is 4.79 Å². The lowest BCUT2D eigenvalue weighted by Gasteiger charge is -2.05. The summed E-state index contributed by atoms with van der Waals surface area (Å²) >= 11 is 0. The van der Waals surface area contributed by atoms with E-state index in [1.165, 1.54) is 12.3 Å². The van der Waals surface area contributed by atoms with Gasteiger partial charge in [0.05, 0.1) is 6.61 Å². The summed E-state index contributed by atoms with van der Waals surface area (Å²) in [5.41, 5.74) is 1.15. The minimum absolute atomic E-state index is 0.138. The van der Waals surface area contributed by atoms with E-state index in [4.69, 9.17) is 10.2 Å². The van der Waals surface area contributed by atoms with Gasteiger partial charge in [-0.15, -0.1) is 0 Å². The number of rotatable bonds is 3. The summed E-state index contributed by atoms with van der Waals surface area (Å²) in [6, 6.07) is 1.62. The van der Waals surface area contributed by atoms with E-state index in [0.29, 0.717) is 11.1 Å².